The van der Waals surface area contributed by atoms with E-state index in [1.54, 1.807) is 24.6 Å². The predicted octanol–water partition coefficient (Wildman–Crippen LogP) is 3.59. The average molecular weight is 737 g/mol. The summed E-state index contributed by atoms with van der Waals surface area (Å²) in [6.07, 6.45) is 1.85. The third-order valence-electron chi connectivity index (χ3n) is 8.55. The summed E-state index contributed by atoms with van der Waals surface area (Å²) in [6.45, 7) is 7.43. The summed E-state index contributed by atoms with van der Waals surface area (Å²) in [4.78, 5) is 90.2. The molecule has 3 aromatic rings. The standard InChI is InChI=1S/C35H44N8O6S2/c1-21(2)16-23-31-40-26(20-51-31)30(47)38-24(17-22-10-6-5-7-11-22)32-39-25(19-50-32)29(46)36-13-9-15-42(14-8-12-27(44)37-23)28(45)18-43-33(48)35(3,4)41-34(43)49/h5-7,10-11,19-21,23-24H,8-9,12-18H2,1-4H3,(H,36,46)(H,37,44)(H,38,47)(H,41,49)/t23-,24-/m0/s1. The molecule has 4 N–H and O–H groups in total. The average Bonchev–Trinajstić information content (AvgIpc) is 3.81. The maximum absolute atomic E-state index is 13.6. The summed E-state index contributed by atoms with van der Waals surface area (Å²) in [5, 5.41) is 16.1. The van der Waals surface area contributed by atoms with Gasteiger partial charge in [-0.15, -0.1) is 22.7 Å². The molecule has 7 amide bonds. The molecule has 272 valence electrons. The molecule has 2 aromatic heterocycles. The molecular formula is C35H44N8O6S2. The lowest BCUT2D eigenvalue weighted by Crippen LogP contribution is -2.45. The van der Waals surface area contributed by atoms with Crippen LogP contribution in [0.5, 0.6) is 0 Å². The van der Waals surface area contributed by atoms with Gasteiger partial charge in [-0.1, -0.05) is 44.2 Å². The van der Waals surface area contributed by atoms with Crippen molar-refractivity contribution in [1.29, 1.82) is 0 Å². The van der Waals surface area contributed by atoms with Gasteiger partial charge in [0.1, 0.15) is 33.5 Å². The number of hydrogen-bond donors (Lipinski definition) is 4. The first-order chi connectivity index (χ1) is 24.3. The minimum absolute atomic E-state index is 0.108. The van der Waals surface area contributed by atoms with Gasteiger partial charge in [-0.3, -0.25) is 28.9 Å². The highest BCUT2D eigenvalue weighted by Crippen LogP contribution is 2.27. The molecule has 2 atom stereocenters. The van der Waals surface area contributed by atoms with Gasteiger partial charge in [-0.25, -0.2) is 14.8 Å². The SMILES string of the molecule is CC(C)C[C@@H]1NC(=O)CCCN(C(=O)CN2C(=O)NC(C)(C)C2=O)CCCNC(=O)c2csc(n2)[C@H](Cc2ccccc2)NC(=O)c2csc1n2. The highest BCUT2D eigenvalue weighted by molar-refractivity contribution is 7.10. The summed E-state index contributed by atoms with van der Waals surface area (Å²) in [6, 6.07) is 8.07. The van der Waals surface area contributed by atoms with Crippen LogP contribution in [-0.4, -0.2) is 87.1 Å². The van der Waals surface area contributed by atoms with Crippen molar-refractivity contribution in [1.82, 2.24) is 41.0 Å². The van der Waals surface area contributed by atoms with Gasteiger partial charge in [-0.05, 0) is 51.0 Å². The second-order valence-corrected chi connectivity index (χ2v) is 15.4. The van der Waals surface area contributed by atoms with Crippen molar-refractivity contribution < 1.29 is 28.8 Å². The van der Waals surface area contributed by atoms with Crippen molar-refractivity contribution in [3.8, 4) is 0 Å². The summed E-state index contributed by atoms with van der Waals surface area (Å²) < 4.78 is 0. The molecule has 2 aliphatic heterocycles. The minimum Gasteiger partial charge on any atom is -0.351 e. The number of thiazole rings is 2. The monoisotopic (exact) mass is 736 g/mol. The smallest absolute Gasteiger partial charge is 0.325 e. The zero-order valence-electron chi connectivity index (χ0n) is 29.2. The Balaban J connectivity index is 1.38. The highest BCUT2D eigenvalue weighted by atomic mass is 32.1. The quantitative estimate of drug-likeness (QED) is 0.277. The fourth-order valence-electron chi connectivity index (χ4n) is 5.90. The number of hydrogen-bond acceptors (Lipinski definition) is 10. The second kappa shape index (κ2) is 16.5. The minimum atomic E-state index is -1.12. The summed E-state index contributed by atoms with van der Waals surface area (Å²) >= 11 is 2.57. The molecule has 0 aliphatic carbocycles. The van der Waals surface area contributed by atoms with Crippen molar-refractivity contribution in [2.24, 2.45) is 5.92 Å². The fourth-order valence-corrected chi connectivity index (χ4v) is 7.61. The number of benzene rings is 1. The van der Waals surface area contributed by atoms with E-state index < -0.39 is 47.9 Å². The molecule has 2 aliphatic rings. The molecule has 14 nitrogen and oxygen atoms in total. The molecule has 16 heteroatoms. The molecule has 51 heavy (non-hydrogen) atoms. The van der Waals surface area contributed by atoms with Gasteiger partial charge in [0.25, 0.3) is 17.7 Å². The van der Waals surface area contributed by atoms with E-state index in [1.807, 2.05) is 44.2 Å². The zero-order valence-corrected chi connectivity index (χ0v) is 30.8. The summed E-state index contributed by atoms with van der Waals surface area (Å²) in [7, 11) is 0. The molecule has 0 saturated carbocycles. The Morgan fingerprint density at radius 2 is 1.55 bits per heavy atom. The maximum atomic E-state index is 13.6. The Morgan fingerprint density at radius 1 is 0.902 bits per heavy atom. The molecule has 0 unspecified atom stereocenters. The first kappa shape index (κ1) is 37.6. The summed E-state index contributed by atoms with van der Waals surface area (Å²) in [5.74, 6) is -1.74. The van der Waals surface area contributed by atoms with Crippen LogP contribution >= 0.6 is 22.7 Å². The van der Waals surface area contributed by atoms with Gasteiger partial charge in [0.05, 0.1) is 12.1 Å². The van der Waals surface area contributed by atoms with Gasteiger partial charge in [0.2, 0.25) is 11.8 Å². The van der Waals surface area contributed by atoms with Crippen LogP contribution in [0.4, 0.5) is 4.79 Å². The first-order valence-corrected chi connectivity index (χ1v) is 18.8. The van der Waals surface area contributed by atoms with Crippen LogP contribution in [0.25, 0.3) is 0 Å². The largest absolute Gasteiger partial charge is 0.351 e. The van der Waals surface area contributed by atoms with E-state index in [-0.39, 0.29) is 55.2 Å². The Bertz CT molecular complexity index is 1760. The number of fused-ring (bicyclic) bond motifs is 4. The molecule has 0 radical (unpaired) electrons. The number of imide groups is 1. The van der Waals surface area contributed by atoms with Crippen LogP contribution in [0.2, 0.25) is 0 Å². The van der Waals surface area contributed by atoms with Crippen LogP contribution in [0.1, 0.15) is 102 Å². The topological polar surface area (TPSA) is 183 Å². The molecule has 1 saturated heterocycles. The van der Waals surface area contributed by atoms with E-state index in [1.165, 1.54) is 27.6 Å². The number of carbonyl (C=O) groups excluding carboxylic acids is 6. The van der Waals surface area contributed by atoms with Crippen molar-refractivity contribution in [2.75, 3.05) is 26.2 Å². The van der Waals surface area contributed by atoms with Gasteiger partial charge in [0, 0.05) is 36.8 Å². The van der Waals surface area contributed by atoms with E-state index in [4.69, 9.17) is 0 Å². The van der Waals surface area contributed by atoms with Gasteiger partial charge >= 0.3 is 6.03 Å². The number of nitrogens with one attached hydrogen (secondary N) is 4. The van der Waals surface area contributed by atoms with Gasteiger partial charge in [0.15, 0.2) is 0 Å². The molecular weight excluding hydrogens is 693 g/mol. The van der Waals surface area contributed by atoms with Crippen LogP contribution in [0, 0.1) is 5.92 Å². The Hall–Kier alpha value is -4.70. The molecule has 4 heterocycles. The van der Waals surface area contributed by atoms with Crippen molar-refractivity contribution in [3.63, 3.8) is 0 Å². The molecule has 0 spiro atoms. The second-order valence-electron chi connectivity index (χ2n) is 13.6. The lowest BCUT2D eigenvalue weighted by molar-refractivity contribution is -0.138. The Kier molecular flexibility index (Phi) is 12.2. The van der Waals surface area contributed by atoms with E-state index in [0.29, 0.717) is 35.7 Å². The van der Waals surface area contributed by atoms with Crippen LogP contribution < -0.4 is 21.3 Å². The predicted molar refractivity (Wildman–Crippen MR) is 192 cm³/mol. The van der Waals surface area contributed by atoms with Crippen LogP contribution in [0.15, 0.2) is 41.1 Å². The van der Waals surface area contributed by atoms with E-state index >= 15 is 0 Å². The molecule has 4 bridgehead atoms. The first-order valence-electron chi connectivity index (χ1n) is 17.1. The number of rotatable bonds is 6. The Morgan fingerprint density at radius 3 is 2.20 bits per heavy atom. The van der Waals surface area contributed by atoms with Gasteiger partial charge < -0.3 is 26.2 Å². The zero-order chi connectivity index (χ0) is 36.7. The van der Waals surface area contributed by atoms with E-state index in [0.717, 1.165) is 10.5 Å². The number of nitrogens with zero attached hydrogens (tertiary/aromatic N) is 4. The van der Waals surface area contributed by atoms with Crippen molar-refractivity contribution in [3.05, 3.63) is 68.1 Å². The third-order valence-corrected chi connectivity index (χ3v) is 10.5. The van der Waals surface area contributed by atoms with Gasteiger partial charge in [-0.2, -0.15) is 0 Å². The lowest BCUT2D eigenvalue weighted by atomic mass is 10.0. The number of aromatic nitrogens is 2. The third kappa shape index (κ3) is 9.76. The lowest BCUT2D eigenvalue weighted by Gasteiger charge is -2.25. The number of urea groups is 1. The molecule has 1 fully saturated rings. The molecule has 5 rings (SSSR count). The number of amides is 7. The maximum Gasteiger partial charge on any atom is 0.325 e. The normalized spacial score (nSPS) is 20.7. The highest BCUT2D eigenvalue weighted by Gasteiger charge is 2.45. The Labute approximate surface area is 304 Å². The van der Waals surface area contributed by atoms with Crippen molar-refractivity contribution >= 4 is 58.2 Å². The fraction of sp³-hybridized carbons (Fsp3) is 0.486. The van der Waals surface area contributed by atoms with Crippen LogP contribution in [0.3, 0.4) is 0 Å². The van der Waals surface area contributed by atoms with Crippen molar-refractivity contribution in [2.45, 2.75) is 77.4 Å². The van der Waals surface area contributed by atoms with Crippen LogP contribution in [-0.2, 0) is 20.8 Å². The number of carbonyl (C=O) groups is 6. The van der Waals surface area contributed by atoms with E-state index in [9.17, 15) is 28.8 Å². The van der Waals surface area contributed by atoms with E-state index in [2.05, 4.69) is 31.2 Å². The molecule has 1 aromatic carbocycles. The summed E-state index contributed by atoms with van der Waals surface area (Å²) in [5.41, 5.74) is 0.291.